The Hall–Kier alpha value is -1.55. The summed E-state index contributed by atoms with van der Waals surface area (Å²) in [7, 11) is 0. The van der Waals surface area contributed by atoms with Crippen molar-refractivity contribution in [3.05, 3.63) is 47.5 Å². The predicted molar refractivity (Wildman–Crippen MR) is 110 cm³/mol. The molecule has 0 aliphatic heterocycles. The Kier molecular flexibility index (Phi) is 7.36. The second-order valence-electron chi connectivity index (χ2n) is 8.62. The maximum atomic E-state index is 8.69. The van der Waals surface area contributed by atoms with Crippen molar-refractivity contribution in [2.75, 3.05) is 0 Å². The third kappa shape index (κ3) is 5.23. The molecule has 2 fully saturated rings. The molecule has 1 aromatic carbocycles. The topological polar surface area (TPSA) is 23.8 Å². The summed E-state index contributed by atoms with van der Waals surface area (Å²) in [6.07, 6.45) is 18.6. The Morgan fingerprint density at radius 1 is 0.923 bits per heavy atom. The van der Waals surface area contributed by atoms with Gasteiger partial charge in [0.1, 0.15) is 0 Å². The number of hydrogen-bond acceptors (Lipinski definition) is 1. The minimum atomic E-state index is 0.661. The monoisotopic (exact) mass is 349 g/mol. The first kappa shape index (κ1) is 19.2. The van der Waals surface area contributed by atoms with Crippen LogP contribution in [0.25, 0.3) is 0 Å². The summed E-state index contributed by atoms with van der Waals surface area (Å²) in [5, 5.41) is 8.69. The normalized spacial score (nSPS) is 29.5. The smallest absolute Gasteiger partial charge is 0.0908 e. The van der Waals surface area contributed by atoms with Gasteiger partial charge >= 0.3 is 0 Å². The van der Waals surface area contributed by atoms with Crippen molar-refractivity contribution in [1.29, 1.82) is 5.26 Å². The van der Waals surface area contributed by atoms with Crippen molar-refractivity contribution < 1.29 is 0 Å². The molecule has 140 valence electrons. The van der Waals surface area contributed by atoms with Crippen LogP contribution in [0, 0.1) is 29.1 Å². The molecule has 0 heterocycles. The van der Waals surface area contributed by atoms with Crippen LogP contribution in [-0.2, 0) is 6.42 Å². The second kappa shape index (κ2) is 9.96. The van der Waals surface area contributed by atoms with Crippen LogP contribution in [0.3, 0.4) is 0 Å². The van der Waals surface area contributed by atoms with E-state index in [-0.39, 0.29) is 0 Å². The van der Waals surface area contributed by atoms with Crippen LogP contribution in [0.1, 0.15) is 88.2 Å². The largest absolute Gasteiger partial charge is 0.193 e. The molecule has 0 amide bonds. The van der Waals surface area contributed by atoms with E-state index in [1.807, 2.05) is 0 Å². The standard InChI is InChI=1S/C25H35N/c1-2-3-5-20-7-11-22(12-8-20)24-15-17-25(18-16-24)23-13-9-21(10-14-23)6-4-19-26/h4,6-8,11-12,21,23-25H,2-3,5,9-10,13-18H2,1H3/t21-,23-,24-,25-. The lowest BCUT2D eigenvalue weighted by molar-refractivity contribution is 0.171. The molecule has 1 nitrogen and oxygen atoms in total. The van der Waals surface area contributed by atoms with Gasteiger partial charge in [-0.25, -0.2) is 0 Å². The first-order chi connectivity index (χ1) is 12.8. The van der Waals surface area contributed by atoms with Gasteiger partial charge in [0.15, 0.2) is 0 Å². The van der Waals surface area contributed by atoms with E-state index >= 15 is 0 Å². The Morgan fingerprint density at radius 3 is 2.12 bits per heavy atom. The molecule has 1 heteroatoms. The molecule has 0 saturated heterocycles. The van der Waals surface area contributed by atoms with Gasteiger partial charge in [0, 0.05) is 6.08 Å². The molecular formula is C25H35N. The molecule has 0 atom stereocenters. The SMILES string of the molecule is CCCCc1ccc([C@H]2CC[C@H]([C@H]3CC[C@H](C=CC#N)CC3)CC2)cc1. The Labute approximate surface area is 160 Å². The maximum Gasteiger partial charge on any atom is 0.0908 e. The Bertz CT molecular complexity index is 590. The van der Waals surface area contributed by atoms with Crippen molar-refractivity contribution in [2.45, 2.75) is 83.5 Å². The zero-order chi connectivity index (χ0) is 18.2. The van der Waals surface area contributed by atoms with Gasteiger partial charge in [0.25, 0.3) is 0 Å². The lowest BCUT2D eigenvalue weighted by Gasteiger charge is -2.37. The van der Waals surface area contributed by atoms with E-state index in [9.17, 15) is 0 Å². The number of unbranched alkanes of at least 4 members (excludes halogenated alkanes) is 1. The van der Waals surface area contributed by atoms with E-state index < -0.39 is 0 Å². The van der Waals surface area contributed by atoms with Crippen LogP contribution in [0.15, 0.2) is 36.4 Å². The van der Waals surface area contributed by atoms with Crippen LogP contribution >= 0.6 is 0 Å². The molecule has 0 unspecified atom stereocenters. The molecule has 2 aliphatic rings. The van der Waals surface area contributed by atoms with Crippen molar-refractivity contribution >= 4 is 0 Å². The molecule has 2 saturated carbocycles. The lowest BCUT2D eigenvalue weighted by atomic mass is 9.68. The number of rotatable bonds is 6. The molecule has 1 aromatic rings. The summed E-state index contributed by atoms with van der Waals surface area (Å²) in [6.45, 7) is 2.27. The highest BCUT2D eigenvalue weighted by Crippen LogP contribution is 2.44. The minimum Gasteiger partial charge on any atom is -0.193 e. The number of aryl methyl sites for hydroxylation is 1. The van der Waals surface area contributed by atoms with Crippen molar-refractivity contribution in [2.24, 2.45) is 17.8 Å². The summed E-state index contributed by atoms with van der Waals surface area (Å²) in [4.78, 5) is 0. The Balaban J connectivity index is 1.44. The summed E-state index contributed by atoms with van der Waals surface area (Å²) in [6, 6.07) is 11.7. The summed E-state index contributed by atoms with van der Waals surface area (Å²) in [5.41, 5.74) is 3.08. The second-order valence-corrected chi connectivity index (χ2v) is 8.62. The molecule has 0 spiro atoms. The zero-order valence-corrected chi connectivity index (χ0v) is 16.5. The average molecular weight is 350 g/mol. The van der Waals surface area contributed by atoms with Gasteiger partial charge in [-0.3, -0.25) is 0 Å². The van der Waals surface area contributed by atoms with Crippen molar-refractivity contribution in [3.63, 3.8) is 0 Å². The fourth-order valence-electron chi connectivity index (χ4n) is 5.25. The van der Waals surface area contributed by atoms with E-state index in [1.54, 1.807) is 11.6 Å². The fraction of sp³-hybridized carbons (Fsp3) is 0.640. The number of allylic oxidation sites excluding steroid dienone is 2. The first-order valence-electron chi connectivity index (χ1n) is 10.9. The minimum absolute atomic E-state index is 0.661. The molecule has 0 bridgehead atoms. The summed E-state index contributed by atoms with van der Waals surface area (Å²) in [5.74, 6) is 3.35. The van der Waals surface area contributed by atoms with Crippen molar-refractivity contribution in [1.82, 2.24) is 0 Å². The maximum absolute atomic E-state index is 8.69. The highest BCUT2D eigenvalue weighted by Gasteiger charge is 2.30. The van der Waals surface area contributed by atoms with Crippen LogP contribution < -0.4 is 0 Å². The molecular weight excluding hydrogens is 314 g/mol. The summed E-state index contributed by atoms with van der Waals surface area (Å²) < 4.78 is 0. The Morgan fingerprint density at radius 2 is 1.54 bits per heavy atom. The number of nitrogens with zero attached hydrogens (tertiary/aromatic N) is 1. The van der Waals surface area contributed by atoms with E-state index in [1.165, 1.54) is 76.2 Å². The summed E-state index contributed by atoms with van der Waals surface area (Å²) >= 11 is 0. The van der Waals surface area contributed by atoms with Gasteiger partial charge in [0.2, 0.25) is 0 Å². The van der Waals surface area contributed by atoms with Gasteiger partial charge in [-0.2, -0.15) is 5.26 Å². The van der Waals surface area contributed by atoms with Gasteiger partial charge in [-0.05, 0) is 99.0 Å². The molecule has 0 aromatic heterocycles. The third-order valence-corrected chi connectivity index (χ3v) is 6.97. The van der Waals surface area contributed by atoms with Gasteiger partial charge in [-0.1, -0.05) is 43.7 Å². The van der Waals surface area contributed by atoms with E-state index in [0.29, 0.717) is 5.92 Å². The van der Waals surface area contributed by atoms with Crippen LogP contribution in [-0.4, -0.2) is 0 Å². The number of nitriles is 1. The quantitative estimate of drug-likeness (QED) is 0.499. The first-order valence-corrected chi connectivity index (χ1v) is 10.9. The predicted octanol–water partition coefficient (Wildman–Crippen LogP) is 7.19. The number of benzene rings is 1. The van der Waals surface area contributed by atoms with Crippen molar-refractivity contribution in [3.8, 4) is 6.07 Å². The zero-order valence-electron chi connectivity index (χ0n) is 16.5. The molecule has 0 N–H and O–H groups in total. The fourth-order valence-corrected chi connectivity index (χ4v) is 5.25. The molecule has 3 rings (SSSR count). The van der Waals surface area contributed by atoms with Gasteiger partial charge in [-0.15, -0.1) is 0 Å². The molecule has 26 heavy (non-hydrogen) atoms. The number of hydrogen-bond donors (Lipinski definition) is 0. The molecule has 0 radical (unpaired) electrons. The van der Waals surface area contributed by atoms with E-state index in [0.717, 1.165) is 17.8 Å². The van der Waals surface area contributed by atoms with Gasteiger partial charge in [0.05, 0.1) is 6.07 Å². The van der Waals surface area contributed by atoms with Gasteiger partial charge < -0.3 is 0 Å². The van der Waals surface area contributed by atoms with Crippen LogP contribution in [0.2, 0.25) is 0 Å². The van der Waals surface area contributed by atoms with E-state index in [2.05, 4.69) is 43.3 Å². The highest BCUT2D eigenvalue weighted by atomic mass is 14.4. The van der Waals surface area contributed by atoms with E-state index in [4.69, 9.17) is 5.26 Å². The van der Waals surface area contributed by atoms with Crippen LogP contribution in [0.5, 0.6) is 0 Å². The average Bonchev–Trinajstić information content (AvgIpc) is 2.72. The lowest BCUT2D eigenvalue weighted by Crippen LogP contribution is -2.25. The highest BCUT2D eigenvalue weighted by molar-refractivity contribution is 5.26. The van der Waals surface area contributed by atoms with Crippen LogP contribution in [0.4, 0.5) is 0 Å². The third-order valence-electron chi connectivity index (χ3n) is 6.97. The molecule has 2 aliphatic carbocycles.